The molecule has 0 bridgehead atoms. The third kappa shape index (κ3) is 3.27. The maximum Gasteiger partial charge on any atom is 0.353 e. The van der Waals surface area contributed by atoms with E-state index in [-0.39, 0.29) is 22.9 Å². The van der Waals surface area contributed by atoms with Crippen molar-refractivity contribution in [2.75, 3.05) is 11.1 Å². The van der Waals surface area contributed by atoms with Crippen molar-refractivity contribution >= 4 is 17.3 Å². The summed E-state index contributed by atoms with van der Waals surface area (Å²) in [5.41, 5.74) is 4.94. The van der Waals surface area contributed by atoms with E-state index in [0.717, 1.165) is 12.8 Å². The molecule has 0 saturated carbocycles. The predicted molar refractivity (Wildman–Crippen MR) is 65.7 cm³/mol. The van der Waals surface area contributed by atoms with Crippen LogP contribution in [0.5, 0.6) is 0 Å². The van der Waals surface area contributed by atoms with Crippen LogP contribution in [0.25, 0.3) is 0 Å². The highest BCUT2D eigenvalue weighted by Crippen LogP contribution is 2.29. The minimum atomic E-state index is -0.570. The molecule has 0 spiro atoms. The summed E-state index contributed by atoms with van der Waals surface area (Å²) in [7, 11) is 0. The predicted octanol–water partition coefficient (Wildman–Crippen LogP) is 1.96. The average molecular weight is 239 g/mol. The Bertz CT molecular complexity index is 419. The fourth-order valence-corrected chi connectivity index (χ4v) is 1.67. The molecule has 0 amide bonds. The summed E-state index contributed by atoms with van der Waals surface area (Å²) in [5.74, 6) is 0.0424. The second-order valence-electron chi connectivity index (χ2n) is 4.47. The summed E-state index contributed by atoms with van der Waals surface area (Å²) in [4.78, 5) is 17.8. The van der Waals surface area contributed by atoms with Gasteiger partial charge in [0, 0.05) is 5.54 Å². The molecule has 1 aromatic heterocycles. The number of aromatic nitrogens is 2. The van der Waals surface area contributed by atoms with E-state index in [2.05, 4.69) is 15.3 Å². The van der Waals surface area contributed by atoms with Gasteiger partial charge in [0.25, 0.3) is 0 Å². The second kappa shape index (κ2) is 4.94. The summed E-state index contributed by atoms with van der Waals surface area (Å²) in [6.07, 6.45) is 3.05. The monoisotopic (exact) mass is 239 g/mol. The first-order chi connectivity index (χ1) is 7.87. The molecule has 0 radical (unpaired) electrons. The van der Waals surface area contributed by atoms with Crippen LogP contribution in [0.3, 0.4) is 0 Å². The molecule has 1 heterocycles. The highest BCUT2D eigenvalue weighted by molar-refractivity contribution is 5.67. The SMILES string of the molecule is CCCC(C)(C)Nc1ncnc(N)c1[N+](=O)[O-]. The Labute approximate surface area is 99.6 Å². The van der Waals surface area contributed by atoms with E-state index in [1.54, 1.807) is 0 Å². The lowest BCUT2D eigenvalue weighted by Gasteiger charge is -2.26. The number of nitrogen functional groups attached to an aromatic ring is 1. The standard InChI is InChI=1S/C10H17N5O2/c1-4-5-10(2,3)14-9-7(15(16)17)8(11)12-6-13-9/h6H,4-5H2,1-3H3,(H3,11,12,13,14). The summed E-state index contributed by atoms with van der Waals surface area (Å²) in [6, 6.07) is 0. The fourth-order valence-electron chi connectivity index (χ4n) is 1.67. The summed E-state index contributed by atoms with van der Waals surface area (Å²) >= 11 is 0. The molecule has 0 atom stereocenters. The first kappa shape index (κ1) is 13.1. The fraction of sp³-hybridized carbons (Fsp3) is 0.600. The molecule has 0 aliphatic heterocycles. The Morgan fingerprint density at radius 3 is 2.71 bits per heavy atom. The van der Waals surface area contributed by atoms with Crippen LogP contribution in [0.4, 0.5) is 17.3 Å². The topological polar surface area (TPSA) is 107 Å². The molecule has 0 saturated heterocycles. The van der Waals surface area contributed by atoms with Crippen molar-refractivity contribution in [2.24, 2.45) is 0 Å². The molecule has 1 rings (SSSR count). The Morgan fingerprint density at radius 2 is 2.18 bits per heavy atom. The van der Waals surface area contributed by atoms with Gasteiger partial charge < -0.3 is 11.1 Å². The minimum Gasteiger partial charge on any atom is -0.378 e. The zero-order valence-electron chi connectivity index (χ0n) is 10.2. The number of rotatable bonds is 5. The Balaban J connectivity index is 3.06. The molecular weight excluding hydrogens is 222 g/mol. The van der Waals surface area contributed by atoms with Gasteiger partial charge in [-0.1, -0.05) is 13.3 Å². The number of nitro groups is 1. The third-order valence-electron chi connectivity index (χ3n) is 2.36. The number of hydrogen-bond acceptors (Lipinski definition) is 6. The van der Waals surface area contributed by atoms with Crippen LogP contribution >= 0.6 is 0 Å². The van der Waals surface area contributed by atoms with Crippen LogP contribution in [-0.2, 0) is 0 Å². The average Bonchev–Trinajstić information content (AvgIpc) is 2.15. The van der Waals surface area contributed by atoms with E-state index >= 15 is 0 Å². The normalized spacial score (nSPS) is 11.2. The van der Waals surface area contributed by atoms with E-state index in [1.807, 2.05) is 20.8 Å². The van der Waals surface area contributed by atoms with Gasteiger partial charge in [-0.05, 0) is 20.3 Å². The number of nitrogens with zero attached hydrogens (tertiary/aromatic N) is 3. The van der Waals surface area contributed by atoms with Crippen molar-refractivity contribution < 1.29 is 4.92 Å². The van der Waals surface area contributed by atoms with Crippen molar-refractivity contribution in [2.45, 2.75) is 39.2 Å². The molecule has 0 aliphatic rings. The first-order valence-electron chi connectivity index (χ1n) is 5.40. The van der Waals surface area contributed by atoms with Crippen molar-refractivity contribution in [3.05, 3.63) is 16.4 Å². The smallest absolute Gasteiger partial charge is 0.353 e. The van der Waals surface area contributed by atoms with Crippen LogP contribution in [0.1, 0.15) is 33.6 Å². The molecule has 3 N–H and O–H groups in total. The van der Waals surface area contributed by atoms with E-state index in [4.69, 9.17) is 5.73 Å². The van der Waals surface area contributed by atoms with E-state index in [0.29, 0.717) is 0 Å². The lowest BCUT2D eigenvalue weighted by molar-refractivity contribution is -0.383. The Hall–Kier alpha value is -1.92. The van der Waals surface area contributed by atoms with Gasteiger partial charge in [0.2, 0.25) is 11.6 Å². The van der Waals surface area contributed by atoms with Gasteiger partial charge in [-0.3, -0.25) is 10.1 Å². The highest BCUT2D eigenvalue weighted by atomic mass is 16.6. The number of anilines is 2. The van der Waals surface area contributed by atoms with E-state index in [9.17, 15) is 10.1 Å². The van der Waals surface area contributed by atoms with Gasteiger partial charge in [-0.25, -0.2) is 9.97 Å². The van der Waals surface area contributed by atoms with Crippen LogP contribution in [0.15, 0.2) is 6.33 Å². The molecule has 0 fully saturated rings. The summed E-state index contributed by atoms with van der Waals surface area (Å²) < 4.78 is 0. The maximum atomic E-state index is 10.9. The molecule has 7 heteroatoms. The van der Waals surface area contributed by atoms with Gasteiger partial charge in [0.1, 0.15) is 6.33 Å². The highest BCUT2D eigenvalue weighted by Gasteiger charge is 2.25. The van der Waals surface area contributed by atoms with Gasteiger partial charge >= 0.3 is 5.69 Å². The van der Waals surface area contributed by atoms with Crippen molar-refractivity contribution in [3.63, 3.8) is 0 Å². The van der Waals surface area contributed by atoms with E-state index < -0.39 is 4.92 Å². The minimum absolute atomic E-state index is 0.125. The Kier molecular flexibility index (Phi) is 3.82. The summed E-state index contributed by atoms with van der Waals surface area (Å²) in [5, 5.41) is 13.9. The summed E-state index contributed by atoms with van der Waals surface area (Å²) in [6.45, 7) is 5.96. The van der Waals surface area contributed by atoms with Gasteiger partial charge in [-0.2, -0.15) is 0 Å². The van der Waals surface area contributed by atoms with Crippen molar-refractivity contribution in [3.8, 4) is 0 Å². The van der Waals surface area contributed by atoms with Gasteiger partial charge in [0.05, 0.1) is 4.92 Å². The second-order valence-corrected chi connectivity index (χ2v) is 4.47. The Morgan fingerprint density at radius 1 is 1.53 bits per heavy atom. The molecule has 94 valence electrons. The van der Waals surface area contributed by atoms with Crippen LogP contribution < -0.4 is 11.1 Å². The van der Waals surface area contributed by atoms with E-state index in [1.165, 1.54) is 6.33 Å². The first-order valence-corrected chi connectivity index (χ1v) is 5.40. The zero-order valence-corrected chi connectivity index (χ0v) is 10.2. The largest absolute Gasteiger partial charge is 0.378 e. The molecule has 17 heavy (non-hydrogen) atoms. The number of nitrogens with two attached hydrogens (primary N) is 1. The molecule has 0 unspecified atom stereocenters. The van der Waals surface area contributed by atoms with Crippen molar-refractivity contribution in [1.29, 1.82) is 0 Å². The number of hydrogen-bond donors (Lipinski definition) is 2. The van der Waals surface area contributed by atoms with Crippen LogP contribution in [0.2, 0.25) is 0 Å². The zero-order chi connectivity index (χ0) is 13.1. The lowest BCUT2D eigenvalue weighted by atomic mass is 9.99. The number of nitrogens with one attached hydrogen (secondary N) is 1. The molecular formula is C10H17N5O2. The quantitative estimate of drug-likeness (QED) is 0.600. The maximum absolute atomic E-state index is 10.9. The van der Waals surface area contributed by atoms with Gasteiger partial charge in [-0.15, -0.1) is 0 Å². The van der Waals surface area contributed by atoms with Crippen LogP contribution in [0, 0.1) is 10.1 Å². The molecule has 7 nitrogen and oxygen atoms in total. The molecule has 0 aliphatic carbocycles. The van der Waals surface area contributed by atoms with Gasteiger partial charge in [0.15, 0.2) is 0 Å². The third-order valence-corrected chi connectivity index (χ3v) is 2.36. The van der Waals surface area contributed by atoms with Crippen LogP contribution in [-0.4, -0.2) is 20.4 Å². The molecule has 1 aromatic rings. The van der Waals surface area contributed by atoms with Crippen molar-refractivity contribution in [1.82, 2.24) is 9.97 Å². The molecule has 0 aromatic carbocycles. The lowest BCUT2D eigenvalue weighted by Crippen LogP contribution is -2.31.